The number of methoxy groups -OCH3 is 1. The number of benzene rings is 1. The quantitative estimate of drug-likeness (QED) is 0.775. The Morgan fingerprint density at radius 2 is 2.00 bits per heavy atom. The van der Waals surface area contributed by atoms with Gasteiger partial charge in [-0.05, 0) is 30.5 Å². The summed E-state index contributed by atoms with van der Waals surface area (Å²) in [6.45, 7) is 0. The Kier molecular flexibility index (Phi) is 3.14. The molecule has 0 N–H and O–H groups in total. The van der Waals surface area contributed by atoms with Gasteiger partial charge >= 0.3 is 0 Å². The van der Waals surface area contributed by atoms with Gasteiger partial charge in [-0.3, -0.25) is 4.79 Å². The van der Waals surface area contributed by atoms with Crippen LogP contribution in [0.25, 0.3) is 0 Å². The van der Waals surface area contributed by atoms with Crippen LogP contribution in [-0.4, -0.2) is 21.3 Å². The molecule has 1 aromatic carbocycles. The molecule has 17 heavy (non-hydrogen) atoms. The Morgan fingerprint density at radius 1 is 1.29 bits per heavy atom. The highest BCUT2D eigenvalue weighted by molar-refractivity contribution is 8.13. The maximum atomic E-state index is 11.7. The van der Waals surface area contributed by atoms with Gasteiger partial charge in [0.2, 0.25) is 0 Å². The average molecular weight is 275 g/mol. The molecular weight excluding hydrogens is 264 g/mol. The van der Waals surface area contributed by atoms with E-state index in [1.54, 1.807) is 6.07 Å². The number of rotatable bonds is 2. The largest absolute Gasteiger partial charge is 0.495 e. The van der Waals surface area contributed by atoms with E-state index in [-0.39, 0.29) is 16.4 Å². The lowest BCUT2D eigenvalue weighted by molar-refractivity contribution is 0.0972. The van der Waals surface area contributed by atoms with Crippen molar-refractivity contribution in [3.8, 4) is 5.75 Å². The van der Waals surface area contributed by atoms with E-state index in [0.717, 1.165) is 18.4 Å². The third kappa shape index (κ3) is 2.30. The number of hydrogen-bond acceptors (Lipinski definition) is 4. The van der Waals surface area contributed by atoms with E-state index in [2.05, 4.69) is 0 Å². The molecule has 0 spiro atoms. The number of halogens is 1. The van der Waals surface area contributed by atoms with Crippen LogP contribution >= 0.6 is 10.7 Å². The Hall–Kier alpha value is -1.07. The second-order valence-electron chi connectivity index (χ2n) is 3.87. The second-order valence-corrected chi connectivity index (χ2v) is 6.41. The van der Waals surface area contributed by atoms with Crippen molar-refractivity contribution in [2.24, 2.45) is 0 Å². The number of carbonyl (C=O) groups excluding carboxylic acids is 1. The predicted octanol–water partition coefficient (Wildman–Crippen LogP) is 2.14. The lowest BCUT2D eigenvalue weighted by Gasteiger charge is -2.17. The van der Waals surface area contributed by atoms with Gasteiger partial charge in [-0.2, -0.15) is 0 Å². The van der Waals surface area contributed by atoms with Crippen LogP contribution in [-0.2, 0) is 15.5 Å². The molecule has 0 saturated heterocycles. The predicted molar refractivity (Wildman–Crippen MR) is 63.3 cm³/mol. The van der Waals surface area contributed by atoms with E-state index < -0.39 is 9.05 Å². The summed E-state index contributed by atoms with van der Waals surface area (Å²) >= 11 is 0. The fraction of sp³-hybridized carbons (Fsp3) is 0.364. The van der Waals surface area contributed by atoms with Gasteiger partial charge in [0.1, 0.15) is 10.6 Å². The van der Waals surface area contributed by atoms with E-state index in [4.69, 9.17) is 15.4 Å². The molecule has 0 aliphatic heterocycles. The van der Waals surface area contributed by atoms with Gasteiger partial charge < -0.3 is 4.74 Å². The van der Waals surface area contributed by atoms with E-state index in [9.17, 15) is 13.2 Å². The number of hydrogen-bond donors (Lipinski definition) is 0. The summed E-state index contributed by atoms with van der Waals surface area (Å²) < 4.78 is 27.8. The molecule has 0 saturated carbocycles. The first-order valence-electron chi connectivity index (χ1n) is 5.12. The van der Waals surface area contributed by atoms with Gasteiger partial charge in [-0.25, -0.2) is 8.42 Å². The summed E-state index contributed by atoms with van der Waals surface area (Å²) in [5.41, 5.74) is 1.26. The maximum absolute atomic E-state index is 11.7. The van der Waals surface area contributed by atoms with Crippen LogP contribution < -0.4 is 4.74 Å². The zero-order valence-electron chi connectivity index (χ0n) is 9.20. The van der Waals surface area contributed by atoms with Gasteiger partial charge in [0.25, 0.3) is 9.05 Å². The topological polar surface area (TPSA) is 60.4 Å². The molecule has 2 rings (SSSR count). The molecule has 0 fully saturated rings. The van der Waals surface area contributed by atoms with Crippen LogP contribution in [0.15, 0.2) is 17.0 Å². The highest BCUT2D eigenvalue weighted by atomic mass is 35.7. The molecule has 0 heterocycles. The summed E-state index contributed by atoms with van der Waals surface area (Å²) in [5.74, 6) is 0.143. The lowest BCUT2D eigenvalue weighted by atomic mass is 9.90. The van der Waals surface area contributed by atoms with E-state index in [0.29, 0.717) is 12.0 Å². The first-order valence-corrected chi connectivity index (χ1v) is 7.43. The molecule has 0 atom stereocenters. The minimum Gasteiger partial charge on any atom is -0.495 e. The standard InChI is InChI=1S/C11H11ClO4S/c1-16-10-5-7-3-2-4-9(13)8(7)6-11(10)17(12,14)15/h5-6H,2-4H2,1H3. The third-order valence-corrected chi connectivity index (χ3v) is 4.15. The fourth-order valence-corrected chi connectivity index (χ4v) is 3.00. The Balaban J connectivity index is 2.69. The average Bonchev–Trinajstić information content (AvgIpc) is 2.26. The number of carbonyl (C=O) groups is 1. The molecule has 1 aliphatic carbocycles. The second kappa shape index (κ2) is 4.31. The smallest absolute Gasteiger partial charge is 0.265 e. The third-order valence-electron chi connectivity index (χ3n) is 2.80. The number of fused-ring (bicyclic) bond motifs is 1. The molecule has 0 aromatic heterocycles. The van der Waals surface area contributed by atoms with Crippen LogP contribution in [0, 0.1) is 0 Å². The van der Waals surface area contributed by atoms with Gasteiger partial charge in [0, 0.05) is 22.7 Å². The minimum absolute atomic E-state index is 0.0459. The molecule has 0 radical (unpaired) electrons. The molecule has 0 amide bonds. The molecule has 0 unspecified atom stereocenters. The first kappa shape index (κ1) is 12.4. The van der Waals surface area contributed by atoms with Crippen molar-refractivity contribution in [2.45, 2.75) is 24.2 Å². The van der Waals surface area contributed by atoms with Gasteiger partial charge in [-0.15, -0.1) is 0 Å². The Morgan fingerprint density at radius 3 is 2.59 bits per heavy atom. The zero-order chi connectivity index (χ0) is 12.6. The van der Waals surface area contributed by atoms with Crippen molar-refractivity contribution in [3.05, 3.63) is 23.3 Å². The summed E-state index contributed by atoms with van der Waals surface area (Å²) in [4.78, 5) is 11.5. The van der Waals surface area contributed by atoms with Crippen molar-refractivity contribution in [3.63, 3.8) is 0 Å². The lowest BCUT2D eigenvalue weighted by Crippen LogP contribution is -2.12. The van der Waals surface area contributed by atoms with Crippen LogP contribution in [0.1, 0.15) is 28.8 Å². The molecule has 6 heteroatoms. The number of ketones is 1. The minimum atomic E-state index is -3.91. The van der Waals surface area contributed by atoms with Crippen molar-refractivity contribution in [1.29, 1.82) is 0 Å². The van der Waals surface area contributed by atoms with Crippen LogP contribution in [0.3, 0.4) is 0 Å². The molecule has 1 aliphatic rings. The number of Topliss-reactive ketones (excluding diaryl/α,β-unsaturated/α-hetero) is 1. The Labute approximate surface area is 104 Å². The normalized spacial score (nSPS) is 15.5. The molecule has 92 valence electrons. The van der Waals surface area contributed by atoms with Gasteiger partial charge in [0.15, 0.2) is 5.78 Å². The van der Waals surface area contributed by atoms with Gasteiger partial charge in [0.05, 0.1) is 7.11 Å². The van der Waals surface area contributed by atoms with Crippen molar-refractivity contribution >= 4 is 25.5 Å². The first-order chi connectivity index (χ1) is 7.93. The maximum Gasteiger partial charge on any atom is 0.265 e. The summed E-state index contributed by atoms with van der Waals surface area (Å²) in [6, 6.07) is 2.90. The Bertz CT molecular complexity index is 577. The highest BCUT2D eigenvalue weighted by Gasteiger charge is 2.24. The van der Waals surface area contributed by atoms with Crippen molar-refractivity contribution in [2.75, 3.05) is 7.11 Å². The summed E-state index contributed by atoms with van der Waals surface area (Å²) in [6.07, 6.45) is 1.98. The van der Waals surface area contributed by atoms with Gasteiger partial charge in [-0.1, -0.05) is 0 Å². The molecule has 1 aromatic rings. The molecule has 4 nitrogen and oxygen atoms in total. The van der Waals surface area contributed by atoms with Crippen LogP contribution in [0.2, 0.25) is 0 Å². The van der Waals surface area contributed by atoms with E-state index in [1.807, 2.05) is 0 Å². The van der Waals surface area contributed by atoms with Crippen molar-refractivity contribution < 1.29 is 17.9 Å². The summed E-state index contributed by atoms with van der Waals surface area (Å²) in [7, 11) is 2.78. The fourth-order valence-electron chi connectivity index (χ4n) is 1.99. The highest BCUT2D eigenvalue weighted by Crippen LogP contribution is 2.33. The SMILES string of the molecule is COc1cc2c(cc1S(=O)(=O)Cl)C(=O)CCC2. The zero-order valence-corrected chi connectivity index (χ0v) is 10.8. The van der Waals surface area contributed by atoms with E-state index >= 15 is 0 Å². The monoisotopic (exact) mass is 274 g/mol. The van der Waals surface area contributed by atoms with Crippen molar-refractivity contribution in [1.82, 2.24) is 0 Å². The molecular formula is C11H11ClO4S. The number of aryl methyl sites for hydroxylation is 1. The van der Waals surface area contributed by atoms with Crippen LogP contribution in [0.5, 0.6) is 5.75 Å². The van der Waals surface area contributed by atoms with E-state index in [1.165, 1.54) is 13.2 Å². The summed E-state index contributed by atoms with van der Waals surface area (Å²) in [5, 5.41) is 0. The molecule has 0 bridgehead atoms. The number of ether oxygens (including phenoxy) is 1. The van der Waals surface area contributed by atoms with Crippen LogP contribution in [0.4, 0.5) is 0 Å².